The van der Waals surface area contributed by atoms with E-state index in [2.05, 4.69) is 18.7 Å². The molecule has 0 saturated heterocycles. The first-order chi connectivity index (χ1) is 6.69. The molecular weight excluding hydrogens is 198 g/mol. The number of aliphatic hydroxyl groups excluding tert-OH is 1. The maximum atomic E-state index is 10.5. The van der Waals surface area contributed by atoms with E-state index in [0.717, 1.165) is 16.9 Å². The third-order valence-corrected chi connectivity index (χ3v) is 2.86. The Balaban J connectivity index is 2.81. The summed E-state index contributed by atoms with van der Waals surface area (Å²) in [5, 5.41) is 10.8. The molecule has 1 rings (SSSR count). The van der Waals surface area contributed by atoms with Gasteiger partial charge in [0.1, 0.15) is 0 Å². The highest BCUT2D eigenvalue weighted by atomic mass is 32.1. The summed E-state index contributed by atoms with van der Waals surface area (Å²) < 4.78 is 0. The number of aldehydes is 1. The molecule has 1 aromatic rings. The first-order valence-corrected chi connectivity index (χ1v) is 5.48. The quantitative estimate of drug-likeness (QED) is 0.758. The zero-order chi connectivity index (χ0) is 10.6. The van der Waals surface area contributed by atoms with Gasteiger partial charge in [0, 0.05) is 23.7 Å². The molecule has 0 unspecified atom stereocenters. The van der Waals surface area contributed by atoms with Crippen molar-refractivity contribution in [2.24, 2.45) is 0 Å². The van der Waals surface area contributed by atoms with Gasteiger partial charge in [-0.3, -0.25) is 4.79 Å². The molecule has 0 aliphatic heterocycles. The lowest BCUT2D eigenvalue weighted by molar-refractivity contribution is 0.112. The Kier molecular flexibility index (Phi) is 4.10. The van der Waals surface area contributed by atoms with Gasteiger partial charge in [-0.05, 0) is 19.9 Å². The van der Waals surface area contributed by atoms with Gasteiger partial charge < -0.3 is 10.0 Å². The summed E-state index contributed by atoms with van der Waals surface area (Å²) in [5.41, 5.74) is 1.01. The van der Waals surface area contributed by atoms with Crippen molar-refractivity contribution < 1.29 is 9.90 Å². The molecule has 0 amide bonds. The van der Waals surface area contributed by atoms with E-state index in [1.807, 2.05) is 11.4 Å². The average molecular weight is 213 g/mol. The maximum absolute atomic E-state index is 10.5. The number of carbonyl (C=O) groups is 1. The van der Waals surface area contributed by atoms with E-state index in [-0.39, 0.29) is 6.61 Å². The van der Waals surface area contributed by atoms with Crippen LogP contribution in [0.1, 0.15) is 23.5 Å². The minimum atomic E-state index is 0.129. The molecule has 0 aliphatic rings. The van der Waals surface area contributed by atoms with E-state index in [9.17, 15) is 4.79 Å². The zero-order valence-corrected chi connectivity index (χ0v) is 9.25. The molecular formula is C10H15NO2S. The van der Waals surface area contributed by atoms with Crippen LogP contribution in [0.2, 0.25) is 0 Å². The minimum Gasteiger partial charge on any atom is -0.395 e. The molecule has 0 aromatic carbocycles. The van der Waals surface area contributed by atoms with Gasteiger partial charge in [-0.2, -0.15) is 0 Å². The monoisotopic (exact) mass is 213 g/mol. The number of aliphatic hydroxyl groups is 1. The van der Waals surface area contributed by atoms with Gasteiger partial charge in [-0.1, -0.05) is 0 Å². The van der Waals surface area contributed by atoms with Crippen molar-refractivity contribution in [3.8, 4) is 0 Å². The SMILES string of the molecule is CC(C)N(CCO)c1csc(C=O)c1. The Hall–Kier alpha value is -0.870. The molecule has 1 heterocycles. The minimum absolute atomic E-state index is 0.129. The van der Waals surface area contributed by atoms with E-state index in [0.29, 0.717) is 12.6 Å². The topological polar surface area (TPSA) is 40.5 Å². The molecule has 3 nitrogen and oxygen atoms in total. The summed E-state index contributed by atoms with van der Waals surface area (Å²) in [6.07, 6.45) is 0.853. The molecule has 0 radical (unpaired) electrons. The van der Waals surface area contributed by atoms with Crippen molar-refractivity contribution in [2.45, 2.75) is 19.9 Å². The van der Waals surface area contributed by atoms with Crippen LogP contribution in [0.3, 0.4) is 0 Å². The highest BCUT2D eigenvalue weighted by Crippen LogP contribution is 2.23. The standard InChI is InChI=1S/C10H15NO2S/c1-8(2)11(3-4-12)9-5-10(6-13)14-7-9/h5-8,12H,3-4H2,1-2H3. The molecule has 0 fully saturated rings. The fraction of sp³-hybridized carbons (Fsp3) is 0.500. The molecule has 4 heteroatoms. The maximum Gasteiger partial charge on any atom is 0.160 e. The number of anilines is 1. The molecule has 1 aromatic heterocycles. The third-order valence-electron chi connectivity index (χ3n) is 2.02. The normalized spacial score (nSPS) is 10.6. The van der Waals surface area contributed by atoms with Crippen LogP contribution >= 0.6 is 11.3 Å². The zero-order valence-electron chi connectivity index (χ0n) is 8.43. The first-order valence-electron chi connectivity index (χ1n) is 4.60. The van der Waals surface area contributed by atoms with Gasteiger partial charge in [-0.25, -0.2) is 0 Å². The van der Waals surface area contributed by atoms with Gasteiger partial charge in [0.2, 0.25) is 0 Å². The summed E-state index contributed by atoms with van der Waals surface area (Å²) in [6.45, 7) is 4.86. The van der Waals surface area contributed by atoms with Crippen LogP contribution in [-0.2, 0) is 0 Å². The Morgan fingerprint density at radius 2 is 2.36 bits per heavy atom. The van der Waals surface area contributed by atoms with Crippen molar-refractivity contribution in [1.29, 1.82) is 0 Å². The average Bonchev–Trinajstić information content (AvgIpc) is 2.61. The fourth-order valence-electron chi connectivity index (χ4n) is 1.35. The smallest absolute Gasteiger partial charge is 0.160 e. The number of rotatable bonds is 5. The highest BCUT2D eigenvalue weighted by molar-refractivity contribution is 7.12. The lowest BCUT2D eigenvalue weighted by Gasteiger charge is -2.26. The van der Waals surface area contributed by atoms with Crippen LogP contribution in [0.25, 0.3) is 0 Å². The molecule has 0 aliphatic carbocycles. The molecule has 78 valence electrons. The molecule has 0 bridgehead atoms. The number of carbonyl (C=O) groups excluding carboxylic acids is 1. The fourth-order valence-corrected chi connectivity index (χ4v) is 2.05. The van der Waals surface area contributed by atoms with Gasteiger partial charge >= 0.3 is 0 Å². The van der Waals surface area contributed by atoms with Crippen LogP contribution in [0.15, 0.2) is 11.4 Å². The van der Waals surface area contributed by atoms with Crippen molar-refractivity contribution in [1.82, 2.24) is 0 Å². The van der Waals surface area contributed by atoms with Crippen molar-refractivity contribution in [3.63, 3.8) is 0 Å². The van der Waals surface area contributed by atoms with E-state index >= 15 is 0 Å². The van der Waals surface area contributed by atoms with Gasteiger partial charge in [0.15, 0.2) is 6.29 Å². The largest absolute Gasteiger partial charge is 0.395 e. The van der Waals surface area contributed by atoms with Crippen LogP contribution < -0.4 is 4.90 Å². The molecule has 0 atom stereocenters. The van der Waals surface area contributed by atoms with Crippen molar-refractivity contribution in [3.05, 3.63) is 16.3 Å². The van der Waals surface area contributed by atoms with Crippen molar-refractivity contribution >= 4 is 23.3 Å². The van der Waals surface area contributed by atoms with Crippen LogP contribution in [0.5, 0.6) is 0 Å². The predicted octanol–water partition coefficient (Wildman–Crippen LogP) is 1.77. The van der Waals surface area contributed by atoms with Crippen LogP contribution in [0.4, 0.5) is 5.69 Å². The molecule has 0 spiro atoms. The second-order valence-corrected chi connectivity index (χ2v) is 4.28. The number of hydrogen-bond acceptors (Lipinski definition) is 4. The van der Waals surface area contributed by atoms with E-state index in [4.69, 9.17) is 5.11 Å². The molecule has 0 saturated carbocycles. The summed E-state index contributed by atoms with van der Waals surface area (Å²) in [6, 6.07) is 2.18. The third kappa shape index (κ3) is 2.56. The summed E-state index contributed by atoms with van der Waals surface area (Å²) in [5.74, 6) is 0. The summed E-state index contributed by atoms with van der Waals surface area (Å²) in [7, 11) is 0. The van der Waals surface area contributed by atoms with E-state index in [1.165, 1.54) is 11.3 Å². The second-order valence-electron chi connectivity index (χ2n) is 3.34. The molecule has 1 N–H and O–H groups in total. The predicted molar refractivity (Wildman–Crippen MR) is 59.3 cm³/mol. The van der Waals surface area contributed by atoms with Crippen LogP contribution in [0, 0.1) is 0 Å². The number of thiophene rings is 1. The van der Waals surface area contributed by atoms with E-state index in [1.54, 1.807) is 0 Å². The van der Waals surface area contributed by atoms with Gasteiger partial charge in [-0.15, -0.1) is 11.3 Å². The van der Waals surface area contributed by atoms with E-state index < -0.39 is 0 Å². The Bertz CT molecular complexity index is 296. The number of hydrogen-bond donors (Lipinski definition) is 1. The van der Waals surface area contributed by atoms with Crippen LogP contribution in [-0.4, -0.2) is 30.6 Å². The highest BCUT2D eigenvalue weighted by Gasteiger charge is 2.11. The Morgan fingerprint density at radius 1 is 1.64 bits per heavy atom. The first kappa shape index (κ1) is 11.2. The Labute approximate surface area is 88.0 Å². The second kappa shape index (κ2) is 5.12. The van der Waals surface area contributed by atoms with Gasteiger partial charge in [0.25, 0.3) is 0 Å². The summed E-state index contributed by atoms with van der Waals surface area (Å²) in [4.78, 5) is 13.3. The Morgan fingerprint density at radius 3 is 2.79 bits per heavy atom. The summed E-state index contributed by atoms with van der Waals surface area (Å²) >= 11 is 1.43. The van der Waals surface area contributed by atoms with Gasteiger partial charge in [0.05, 0.1) is 11.5 Å². The number of nitrogens with zero attached hydrogens (tertiary/aromatic N) is 1. The van der Waals surface area contributed by atoms with Crippen molar-refractivity contribution in [2.75, 3.05) is 18.1 Å². The molecule has 14 heavy (non-hydrogen) atoms. The lowest BCUT2D eigenvalue weighted by Crippen LogP contribution is -2.32. The lowest BCUT2D eigenvalue weighted by atomic mass is 10.3.